The van der Waals surface area contributed by atoms with Crippen LogP contribution < -0.4 is 4.74 Å². The van der Waals surface area contributed by atoms with Crippen LogP contribution in [0.15, 0.2) is 6.20 Å². The van der Waals surface area contributed by atoms with E-state index in [-0.39, 0.29) is 6.10 Å². The number of hydrogen-bond acceptors (Lipinski definition) is 3. The van der Waals surface area contributed by atoms with Crippen LogP contribution in [0.4, 0.5) is 0 Å². The molecule has 4 nitrogen and oxygen atoms in total. The highest BCUT2D eigenvalue weighted by Gasteiger charge is 2.29. The Kier molecular flexibility index (Phi) is 3.49. The first-order valence-electron chi connectivity index (χ1n) is 6.03. The standard InChI is InChI=1S/C12H20N2O2/c1-3-14-10(12(16-2)8-13-14)6-7-11(15)9-4-5-9/h8-9,11,15H,3-7H2,1-2H3. The second-order valence-electron chi connectivity index (χ2n) is 4.42. The van der Waals surface area contributed by atoms with Crippen molar-refractivity contribution in [2.75, 3.05) is 7.11 Å². The molecule has 1 aromatic heterocycles. The predicted molar refractivity (Wildman–Crippen MR) is 61.5 cm³/mol. The number of rotatable bonds is 6. The van der Waals surface area contributed by atoms with Gasteiger partial charge in [-0.25, -0.2) is 0 Å². The highest BCUT2D eigenvalue weighted by Crippen LogP contribution is 2.34. The zero-order valence-electron chi connectivity index (χ0n) is 10.0. The van der Waals surface area contributed by atoms with E-state index in [1.54, 1.807) is 13.3 Å². The molecular formula is C12H20N2O2. The van der Waals surface area contributed by atoms with Crippen LogP contribution in [0.25, 0.3) is 0 Å². The molecule has 90 valence electrons. The predicted octanol–water partition coefficient (Wildman–Crippen LogP) is 1.62. The van der Waals surface area contributed by atoms with Crippen molar-refractivity contribution in [1.29, 1.82) is 0 Å². The number of methoxy groups -OCH3 is 1. The van der Waals surface area contributed by atoms with Crippen LogP contribution in [0, 0.1) is 5.92 Å². The average Bonchev–Trinajstić information content (AvgIpc) is 3.07. The fraction of sp³-hybridized carbons (Fsp3) is 0.750. The van der Waals surface area contributed by atoms with Crippen LogP contribution in [0.2, 0.25) is 0 Å². The first-order valence-corrected chi connectivity index (χ1v) is 6.03. The first-order chi connectivity index (χ1) is 7.76. The minimum Gasteiger partial charge on any atom is -0.493 e. The summed E-state index contributed by atoms with van der Waals surface area (Å²) in [6, 6.07) is 0. The van der Waals surface area contributed by atoms with Crippen molar-refractivity contribution in [2.45, 2.75) is 45.3 Å². The minimum absolute atomic E-state index is 0.148. The first kappa shape index (κ1) is 11.5. The lowest BCUT2D eigenvalue weighted by atomic mass is 10.1. The van der Waals surface area contributed by atoms with Crippen LogP contribution in [-0.4, -0.2) is 28.1 Å². The number of ether oxygens (including phenoxy) is 1. The van der Waals surface area contributed by atoms with Gasteiger partial charge in [0.15, 0.2) is 5.75 Å². The Labute approximate surface area is 96.2 Å². The van der Waals surface area contributed by atoms with E-state index in [9.17, 15) is 5.11 Å². The van der Waals surface area contributed by atoms with E-state index < -0.39 is 0 Å². The topological polar surface area (TPSA) is 47.3 Å². The van der Waals surface area contributed by atoms with Gasteiger partial charge in [0, 0.05) is 6.54 Å². The Morgan fingerprint density at radius 1 is 1.62 bits per heavy atom. The molecule has 1 N–H and O–H groups in total. The fourth-order valence-corrected chi connectivity index (χ4v) is 2.09. The van der Waals surface area contributed by atoms with E-state index in [0.29, 0.717) is 5.92 Å². The Hall–Kier alpha value is -1.03. The van der Waals surface area contributed by atoms with Gasteiger partial charge in [0.25, 0.3) is 0 Å². The van der Waals surface area contributed by atoms with Crippen LogP contribution >= 0.6 is 0 Å². The zero-order valence-corrected chi connectivity index (χ0v) is 10.0. The molecule has 1 aliphatic rings. The highest BCUT2D eigenvalue weighted by molar-refractivity contribution is 5.25. The second kappa shape index (κ2) is 4.87. The van der Waals surface area contributed by atoms with Gasteiger partial charge in [0.05, 0.1) is 25.1 Å². The number of aromatic nitrogens is 2. The van der Waals surface area contributed by atoms with Crippen molar-refractivity contribution < 1.29 is 9.84 Å². The largest absolute Gasteiger partial charge is 0.493 e. The van der Waals surface area contributed by atoms with Gasteiger partial charge in [-0.3, -0.25) is 4.68 Å². The van der Waals surface area contributed by atoms with Gasteiger partial charge in [0.2, 0.25) is 0 Å². The quantitative estimate of drug-likeness (QED) is 0.798. The lowest BCUT2D eigenvalue weighted by molar-refractivity contribution is 0.141. The second-order valence-corrected chi connectivity index (χ2v) is 4.42. The Morgan fingerprint density at radius 2 is 2.38 bits per heavy atom. The molecule has 1 fully saturated rings. The smallest absolute Gasteiger partial charge is 0.159 e. The summed E-state index contributed by atoms with van der Waals surface area (Å²) in [5.74, 6) is 1.38. The summed E-state index contributed by atoms with van der Waals surface area (Å²) in [5.41, 5.74) is 1.10. The molecule has 0 amide bonds. The summed E-state index contributed by atoms with van der Waals surface area (Å²) in [4.78, 5) is 0. The molecule has 0 bridgehead atoms. The van der Waals surface area contributed by atoms with Crippen LogP contribution in [0.5, 0.6) is 5.75 Å². The number of aliphatic hydroxyl groups excluding tert-OH is 1. The molecule has 2 rings (SSSR count). The molecule has 1 aliphatic carbocycles. The van der Waals surface area contributed by atoms with E-state index >= 15 is 0 Å². The van der Waals surface area contributed by atoms with Gasteiger partial charge < -0.3 is 9.84 Å². The molecule has 1 heterocycles. The molecule has 1 aromatic rings. The van der Waals surface area contributed by atoms with E-state index in [1.165, 1.54) is 12.8 Å². The van der Waals surface area contributed by atoms with Gasteiger partial charge in [0.1, 0.15) is 0 Å². The highest BCUT2D eigenvalue weighted by atomic mass is 16.5. The van der Waals surface area contributed by atoms with E-state index in [1.807, 2.05) is 4.68 Å². The molecule has 0 spiro atoms. The third kappa shape index (κ3) is 2.38. The van der Waals surface area contributed by atoms with Crippen molar-refractivity contribution in [3.63, 3.8) is 0 Å². The maximum atomic E-state index is 9.84. The molecular weight excluding hydrogens is 204 g/mol. The summed E-state index contributed by atoms with van der Waals surface area (Å²) in [7, 11) is 1.66. The van der Waals surface area contributed by atoms with Crippen molar-refractivity contribution in [2.24, 2.45) is 5.92 Å². The van der Waals surface area contributed by atoms with Crippen LogP contribution in [0.3, 0.4) is 0 Å². The Morgan fingerprint density at radius 3 is 2.94 bits per heavy atom. The van der Waals surface area contributed by atoms with Crippen molar-refractivity contribution in [3.05, 3.63) is 11.9 Å². The van der Waals surface area contributed by atoms with Crippen molar-refractivity contribution in [1.82, 2.24) is 9.78 Å². The van der Waals surface area contributed by atoms with Gasteiger partial charge in [-0.15, -0.1) is 0 Å². The number of hydrogen-bond donors (Lipinski definition) is 1. The average molecular weight is 224 g/mol. The summed E-state index contributed by atoms with van der Waals surface area (Å²) in [6.07, 6.45) is 5.63. The maximum Gasteiger partial charge on any atom is 0.159 e. The van der Waals surface area contributed by atoms with Crippen LogP contribution in [0.1, 0.15) is 31.9 Å². The normalized spacial score (nSPS) is 17.4. The van der Waals surface area contributed by atoms with Gasteiger partial charge in [-0.2, -0.15) is 5.10 Å². The molecule has 0 aromatic carbocycles. The lowest BCUT2D eigenvalue weighted by Gasteiger charge is -2.11. The molecule has 16 heavy (non-hydrogen) atoms. The number of aliphatic hydroxyl groups is 1. The SMILES string of the molecule is CCn1ncc(OC)c1CCC(O)C1CC1. The summed E-state index contributed by atoms with van der Waals surface area (Å²) >= 11 is 0. The van der Waals surface area contributed by atoms with Gasteiger partial charge in [-0.05, 0) is 38.5 Å². The van der Waals surface area contributed by atoms with Crippen molar-refractivity contribution >= 4 is 0 Å². The number of aryl methyl sites for hydroxylation is 1. The van der Waals surface area contributed by atoms with E-state index in [0.717, 1.165) is 30.8 Å². The molecule has 1 atom stereocenters. The molecule has 1 saturated carbocycles. The lowest BCUT2D eigenvalue weighted by Crippen LogP contribution is -2.12. The third-order valence-corrected chi connectivity index (χ3v) is 3.27. The van der Waals surface area contributed by atoms with Crippen LogP contribution in [-0.2, 0) is 13.0 Å². The molecule has 0 radical (unpaired) electrons. The van der Waals surface area contributed by atoms with E-state index in [2.05, 4.69) is 12.0 Å². The van der Waals surface area contributed by atoms with Crippen molar-refractivity contribution in [3.8, 4) is 5.75 Å². The molecule has 0 aliphatic heterocycles. The van der Waals surface area contributed by atoms with E-state index in [4.69, 9.17) is 4.74 Å². The molecule has 1 unspecified atom stereocenters. The zero-order chi connectivity index (χ0) is 11.5. The monoisotopic (exact) mass is 224 g/mol. The molecule has 0 saturated heterocycles. The maximum absolute atomic E-state index is 9.84. The Balaban J connectivity index is 1.97. The fourth-order valence-electron chi connectivity index (χ4n) is 2.09. The number of nitrogens with zero attached hydrogens (tertiary/aromatic N) is 2. The molecule has 4 heteroatoms. The van der Waals surface area contributed by atoms with Gasteiger partial charge >= 0.3 is 0 Å². The Bertz CT molecular complexity index is 323. The van der Waals surface area contributed by atoms with Gasteiger partial charge in [-0.1, -0.05) is 0 Å². The third-order valence-electron chi connectivity index (χ3n) is 3.27. The summed E-state index contributed by atoms with van der Waals surface area (Å²) < 4.78 is 7.21. The summed E-state index contributed by atoms with van der Waals surface area (Å²) in [6.45, 7) is 2.91. The minimum atomic E-state index is -0.148. The summed E-state index contributed by atoms with van der Waals surface area (Å²) in [5, 5.41) is 14.1.